The van der Waals surface area contributed by atoms with E-state index in [2.05, 4.69) is 5.32 Å². The van der Waals surface area contributed by atoms with Crippen LogP contribution in [0.4, 0.5) is 0 Å². The highest BCUT2D eigenvalue weighted by Gasteiger charge is 2.28. The van der Waals surface area contributed by atoms with Crippen molar-refractivity contribution in [2.75, 3.05) is 12.9 Å². The SMILES string of the molecule is COc1ccc(CSCC(=O)N(Cc2ccccc2Cl)[C@H](C)C(=O)NC2CCCCC2)cc1. The second-order valence-electron chi connectivity index (χ2n) is 8.47. The molecule has 2 amide bonds. The summed E-state index contributed by atoms with van der Waals surface area (Å²) in [5.74, 6) is 1.64. The molecule has 0 bridgehead atoms. The van der Waals surface area contributed by atoms with Crippen molar-refractivity contribution < 1.29 is 14.3 Å². The van der Waals surface area contributed by atoms with Crippen molar-refractivity contribution in [1.82, 2.24) is 10.2 Å². The standard InChI is InChI=1S/C26H33ClN2O3S/c1-19(26(31)28-22-9-4-3-5-10-22)29(16-21-8-6-7-11-24(21)27)25(30)18-33-17-20-12-14-23(32-2)15-13-20/h6-8,11-15,19,22H,3-5,9-10,16-18H2,1-2H3,(H,28,31)/t19-/m1/s1. The number of ether oxygens (including phenoxy) is 1. The summed E-state index contributed by atoms with van der Waals surface area (Å²) in [4.78, 5) is 27.9. The summed E-state index contributed by atoms with van der Waals surface area (Å²) in [5.41, 5.74) is 1.96. The van der Waals surface area contributed by atoms with Gasteiger partial charge in [0.15, 0.2) is 0 Å². The minimum Gasteiger partial charge on any atom is -0.497 e. The first kappa shape index (κ1) is 25.4. The van der Waals surface area contributed by atoms with Crippen LogP contribution in [0, 0.1) is 0 Å². The van der Waals surface area contributed by atoms with Crippen LogP contribution in [0.3, 0.4) is 0 Å². The number of nitrogens with zero attached hydrogens (tertiary/aromatic N) is 1. The Bertz CT molecular complexity index is 916. The highest BCUT2D eigenvalue weighted by atomic mass is 35.5. The first-order chi connectivity index (χ1) is 16.0. The van der Waals surface area contributed by atoms with Crippen LogP contribution < -0.4 is 10.1 Å². The minimum atomic E-state index is -0.572. The van der Waals surface area contributed by atoms with E-state index in [0.29, 0.717) is 17.3 Å². The van der Waals surface area contributed by atoms with Crippen LogP contribution in [-0.4, -0.2) is 41.7 Å². The van der Waals surface area contributed by atoms with Gasteiger partial charge in [0.2, 0.25) is 11.8 Å². The zero-order valence-electron chi connectivity index (χ0n) is 19.4. The predicted octanol–water partition coefficient (Wildman–Crippen LogP) is 5.45. The van der Waals surface area contributed by atoms with Crippen molar-refractivity contribution in [2.45, 2.75) is 63.4 Å². The van der Waals surface area contributed by atoms with Gasteiger partial charge < -0.3 is 15.0 Å². The third-order valence-corrected chi connectivity index (χ3v) is 7.43. The fourth-order valence-corrected chi connectivity index (χ4v) is 5.09. The molecule has 2 aromatic carbocycles. The molecule has 3 rings (SSSR count). The van der Waals surface area contributed by atoms with Gasteiger partial charge in [-0.15, -0.1) is 11.8 Å². The highest BCUT2D eigenvalue weighted by Crippen LogP contribution is 2.22. The third-order valence-electron chi connectivity index (χ3n) is 6.07. The zero-order valence-corrected chi connectivity index (χ0v) is 21.0. The molecule has 0 unspecified atom stereocenters. The zero-order chi connectivity index (χ0) is 23.6. The number of nitrogens with one attached hydrogen (secondary N) is 1. The number of hydrogen-bond acceptors (Lipinski definition) is 4. The first-order valence-corrected chi connectivity index (χ1v) is 13.0. The molecule has 178 valence electrons. The van der Waals surface area contributed by atoms with E-state index >= 15 is 0 Å². The minimum absolute atomic E-state index is 0.0697. The van der Waals surface area contributed by atoms with Gasteiger partial charge in [0, 0.05) is 23.4 Å². The molecule has 0 radical (unpaired) electrons. The summed E-state index contributed by atoms with van der Waals surface area (Å²) >= 11 is 7.91. The van der Waals surface area contributed by atoms with Crippen LogP contribution in [0.5, 0.6) is 5.75 Å². The van der Waals surface area contributed by atoms with E-state index in [1.54, 1.807) is 18.9 Å². The molecule has 7 heteroatoms. The fourth-order valence-electron chi connectivity index (χ4n) is 4.02. The molecule has 1 saturated carbocycles. The molecule has 1 N–H and O–H groups in total. The Balaban J connectivity index is 1.64. The number of methoxy groups -OCH3 is 1. The molecule has 1 aliphatic carbocycles. The van der Waals surface area contributed by atoms with E-state index in [-0.39, 0.29) is 23.6 Å². The van der Waals surface area contributed by atoms with Crippen molar-refractivity contribution in [3.8, 4) is 5.75 Å². The average Bonchev–Trinajstić information content (AvgIpc) is 2.84. The van der Waals surface area contributed by atoms with Crippen LogP contribution >= 0.6 is 23.4 Å². The monoisotopic (exact) mass is 488 g/mol. The number of hydrogen-bond donors (Lipinski definition) is 1. The summed E-state index contributed by atoms with van der Waals surface area (Å²) in [5, 5.41) is 3.76. The van der Waals surface area contributed by atoms with E-state index in [1.807, 2.05) is 48.5 Å². The van der Waals surface area contributed by atoms with Gasteiger partial charge in [-0.3, -0.25) is 9.59 Å². The number of halogens is 1. The molecule has 0 heterocycles. The predicted molar refractivity (Wildman–Crippen MR) is 136 cm³/mol. The van der Waals surface area contributed by atoms with E-state index in [1.165, 1.54) is 18.2 Å². The van der Waals surface area contributed by atoms with Crippen molar-refractivity contribution in [3.63, 3.8) is 0 Å². The smallest absolute Gasteiger partial charge is 0.242 e. The van der Waals surface area contributed by atoms with Crippen molar-refractivity contribution >= 4 is 35.2 Å². The van der Waals surface area contributed by atoms with Crippen molar-refractivity contribution in [2.24, 2.45) is 0 Å². The molecule has 0 aliphatic heterocycles. The topological polar surface area (TPSA) is 58.6 Å². The van der Waals surface area contributed by atoms with Crippen LogP contribution in [0.2, 0.25) is 5.02 Å². The number of amides is 2. The van der Waals surface area contributed by atoms with Gasteiger partial charge in [0.25, 0.3) is 0 Å². The number of carbonyl (C=O) groups excluding carboxylic acids is 2. The van der Waals surface area contributed by atoms with Gasteiger partial charge in [0.05, 0.1) is 12.9 Å². The molecule has 0 aromatic heterocycles. The Hall–Kier alpha value is -2.18. The lowest BCUT2D eigenvalue weighted by molar-refractivity contribution is -0.139. The molecule has 33 heavy (non-hydrogen) atoms. The number of carbonyl (C=O) groups is 2. The van der Waals surface area contributed by atoms with Crippen LogP contribution in [0.25, 0.3) is 0 Å². The van der Waals surface area contributed by atoms with Gasteiger partial charge in [-0.1, -0.05) is 61.2 Å². The molecule has 5 nitrogen and oxygen atoms in total. The highest BCUT2D eigenvalue weighted by molar-refractivity contribution is 7.99. The summed E-state index contributed by atoms with van der Waals surface area (Å²) < 4.78 is 5.20. The van der Waals surface area contributed by atoms with E-state index < -0.39 is 6.04 Å². The molecule has 1 atom stereocenters. The lowest BCUT2D eigenvalue weighted by atomic mass is 9.95. The lowest BCUT2D eigenvalue weighted by Gasteiger charge is -2.31. The second kappa shape index (κ2) is 12.9. The molecule has 1 aliphatic rings. The number of benzene rings is 2. The van der Waals surface area contributed by atoms with Gasteiger partial charge in [-0.25, -0.2) is 0 Å². The Kier molecular flexibility index (Phi) is 9.95. The molecule has 1 fully saturated rings. The van der Waals surface area contributed by atoms with Crippen molar-refractivity contribution in [1.29, 1.82) is 0 Å². The van der Waals surface area contributed by atoms with Crippen LogP contribution in [0.15, 0.2) is 48.5 Å². The summed E-state index contributed by atoms with van der Waals surface area (Å²) in [6.07, 6.45) is 5.53. The van der Waals surface area contributed by atoms with E-state index in [4.69, 9.17) is 16.3 Å². The Morgan fingerprint density at radius 3 is 2.48 bits per heavy atom. The fraction of sp³-hybridized carbons (Fsp3) is 0.462. The summed E-state index contributed by atoms with van der Waals surface area (Å²) in [6.45, 7) is 2.11. The normalized spacial score (nSPS) is 15.0. The number of rotatable bonds is 10. The average molecular weight is 489 g/mol. The maximum Gasteiger partial charge on any atom is 0.242 e. The van der Waals surface area contributed by atoms with Gasteiger partial charge in [-0.05, 0) is 49.1 Å². The number of thioether (sulfide) groups is 1. The Labute approximate surface area is 206 Å². The maximum atomic E-state index is 13.2. The van der Waals surface area contributed by atoms with Crippen LogP contribution in [0.1, 0.15) is 50.2 Å². The first-order valence-electron chi connectivity index (χ1n) is 11.5. The summed E-state index contributed by atoms with van der Waals surface area (Å²) in [7, 11) is 1.64. The quantitative estimate of drug-likeness (QED) is 0.483. The maximum absolute atomic E-state index is 13.2. The summed E-state index contributed by atoms with van der Waals surface area (Å²) in [6, 6.07) is 14.9. The van der Waals surface area contributed by atoms with Gasteiger partial charge in [0.1, 0.15) is 11.8 Å². The molecule has 2 aromatic rings. The molecular formula is C26H33ClN2O3S. The molecular weight excluding hydrogens is 456 g/mol. The Morgan fingerprint density at radius 1 is 1.12 bits per heavy atom. The van der Waals surface area contributed by atoms with Gasteiger partial charge in [-0.2, -0.15) is 0 Å². The van der Waals surface area contributed by atoms with E-state index in [0.717, 1.165) is 42.6 Å². The second-order valence-corrected chi connectivity index (χ2v) is 9.87. The lowest BCUT2D eigenvalue weighted by Crippen LogP contribution is -2.50. The molecule has 0 saturated heterocycles. The van der Waals surface area contributed by atoms with Gasteiger partial charge >= 0.3 is 0 Å². The van der Waals surface area contributed by atoms with E-state index in [9.17, 15) is 9.59 Å². The van der Waals surface area contributed by atoms with Crippen LogP contribution in [-0.2, 0) is 21.9 Å². The third kappa shape index (κ3) is 7.68. The Morgan fingerprint density at radius 2 is 1.82 bits per heavy atom. The van der Waals surface area contributed by atoms with Crippen molar-refractivity contribution in [3.05, 3.63) is 64.7 Å². The molecule has 0 spiro atoms. The largest absolute Gasteiger partial charge is 0.497 e.